The largest absolute Gasteiger partial charge is 0.488 e. The normalized spacial score (nSPS) is 19.6. The Morgan fingerprint density at radius 2 is 1.89 bits per heavy atom. The molecule has 0 aliphatic carbocycles. The second kappa shape index (κ2) is 9.41. The van der Waals surface area contributed by atoms with Crippen molar-refractivity contribution < 1.29 is 27.0 Å². The number of halogens is 4. The van der Waals surface area contributed by atoms with Crippen molar-refractivity contribution in [3.8, 4) is 16.9 Å². The molecule has 2 atom stereocenters. The highest BCUT2D eigenvalue weighted by Crippen LogP contribution is 2.35. The number of hydrogen-bond acceptors (Lipinski definition) is 2. The zero-order valence-electron chi connectivity index (χ0n) is 15.8. The topological polar surface area (TPSA) is 18.5 Å². The van der Waals surface area contributed by atoms with E-state index in [2.05, 4.69) is 6.92 Å². The Kier molecular flexibility index (Phi) is 6.94. The van der Waals surface area contributed by atoms with Gasteiger partial charge in [-0.25, -0.2) is 13.2 Å². The molecule has 0 aromatic heterocycles. The van der Waals surface area contributed by atoms with Crippen LogP contribution in [0.25, 0.3) is 11.1 Å². The molecule has 3 rings (SSSR count). The summed E-state index contributed by atoms with van der Waals surface area (Å²) in [5, 5.41) is 0. The molecule has 2 aromatic rings. The van der Waals surface area contributed by atoms with E-state index in [9.17, 15) is 17.6 Å². The average Bonchev–Trinajstić information content (AvgIpc) is 2.70. The smallest absolute Gasteiger partial charge is 0.201 e. The van der Waals surface area contributed by atoms with Gasteiger partial charge in [-0.15, -0.1) is 0 Å². The van der Waals surface area contributed by atoms with Gasteiger partial charge in [0.25, 0.3) is 0 Å². The van der Waals surface area contributed by atoms with Crippen molar-refractivity contribution in [1.82, 2.24) is 0 Å². The van der Waals surface area contributed by atoms with Crippen LogP contribution in [0.4, 0.5) is 17.6 Å². The minimum Gasteiger partial charge on any atom is -0.488 e. The first-order valence-electron chi connectivity index (χ1n) is 9.63. The third kappa shape index (κ3) is 4.49. The molecular weight excluding hydrogens is 372 g/mol. The lowest BCUT2D eigenvalue weighted by Crippen LogP contribution is -2.25. The molecule has 2 unspecified atom stereocenters. The van der Waals surface area contributed by atoms with E-state index < -0.39 is 24.1 Å². The van der Waals surface area contributed by atoms with E-state index in [0.717, 1.165) is 25.7 Å². The van der Waals surface area contributed by atoms with Gasteiger partial charge in [0.1, 0.15) is 19.1 Å². The fraction of sp³-hybridized carbons (Fsp3) is 0.455. The lowest BCUT2D eigenvalue weighted by Gasteiger charge is -2.29. The van der Waals surface area contributed by atoms with Crippen LogP contribution in [0.5, 0.6) is 5.75 Å². The van der Waals surface area contributed by atoms with Crippen LogP contribution in [-0.4, -0.2) is 26.0 Å². The molecule has 0 radical (unpaired) electrons. The van der Waals surface area contributed by atoms with Gasteiger partial charge in [0.05, 0.1) is 12.7 Å². The molecule has 152 valence electrons. The van der Waals surface area contributed by atoms with Crippen LogP contribution in [0.2, 0.25) is 0 Å². The van der Waals surface area contributed by atoms with Crippen LogP contribution in [-0.2, 0) is 4.74 Å². The van der Waals surface area contributed by atoms with Gasteiger partial charge in [-0.05, 0) is 48.6 Å². The van der Waals surface area contributed by atoms with E-state index in [1.165, 1.54) is 18.2 Å². The first-order chi connectivity index (χ1) is 13.5. The minimum atomic E-state index is -1.21. The quantitative estimate of drug-likeness (QED) is 0.520. The van der Waals surface area contributed by atoms with Crippen molar-refractivity contribution >= 4 is 0 Å². The number of benzene rings is 2. The Balaban J connectivity index is 1.78. The Labute approximate surface area is 162 Å². The first-order valence-corrected chi connectivity index (χ1v) is 9.63. The maximum atomic E-state index is 14.7. The maximum Gasteiger partial charge on any atom is 0.201 e. The van der Waals surface area contributed by atoms with Crippen LogP contribution in [0, 0.1) is 17.5 Å². The van der Waals surface area contributed by atoms with Crippen molar-refractivity contribution in [2.24, 2.45) is 0 Å². The van der Waals surface area contributed by atoms with Crippen LogP contribution in [0.15, 0.2) is 30.3 Å². The fourth-order valence-corrected chi connectivity index (χ4v) is 3.64. The summed E-state index contributed by atoms with van der Waals surface area (Å²) in [7, 11) is 0. The second-order valence-corrected chi connectivity index (χ2v) is 7.03. The number of hydrogen-bond donors (Lipinski definition) is 0. The van der Waals surface area contributed by atoms with Gasteiger partial charge in [0.15, 0.2) is 11.6 Å². The molecule has 0 N–H and O–H groups in total. The summed E-state index contributed by atoms with van der Waals surface area (Å²) in [6.07, 6.45) is 4.02. The van der Waals surface area contributed by atoms with Crippen molar-refractivity contribution in [2.75, 3.05) is 19.9 Å². The van der Waals surface area contributed by atoms with Gasteiger partial charge in [-0.3, -0.25) is 0 Å². The Morgan fingerprint density at radius 3 is 2.54 bits per heavy atom. The summed E-state index contributed by atoms with van der Waals surface area (Å²) in [5.74, 6) is -3.22. The molecule has 1 aliphatic heterocycles. The monoisotopic (exact) mass is 396 g/mol. The predicted octanol–water partition coefficient (Wildman–Crippen LogP) is 6.18. The molecule has 2 aromatic carbocycles. The fourth-order valence-electron chi connectivity index (χ4n) is 3.64. The Morgan fingerprint density at radius 1 is 1.07 bits per heavy atom. The molecule has 2 nitrogen and oxygen atoms in total. The van der Waals surface area contributed by atoms with Gasteiger partial charge in [-0.2, -0.15) is 4.39 Å². The lowest BCUT2D eigenvalue weighted by molar-refractivity contribution is -0.00172. The van der Waals surface area contributed by atoms with E-state index in [1.807, 2.05) is 0 Å². The molecular formula is C22H24F4O2. The van der Waals surface area contributed by atoms with E-state index in [4.69, 9.17) is 9.47 Å². The molecule has 1 saturated heterocycles. The van der Waals surface area contributed by atoms with Gasteiger partial charge >= 0.3 is 0 Å². The Hall–Kier alpha value is -2.08. The zero-order chi connectivity index (χ0) is 20.1. The Bertz CT molecular complexity index is 801. The lowest BCUT2D eigenvalue weighted by atomic mass is 9.89. The summed E-state index contributed by atoms with van der Waals surface area (Å²) in [4.78, 5) is 0. The molecule has 0 spiro atoms. The van der Waals surface area contributed by atoms with Crippen LogP contribution < -0.4 is 4.74 Å². The van der Waals surface area contributed by atoms with Crippen molar-refractivity contribution in [2.45, 2.75) is 44.6 Å². The summed E-state index contributed by atoms with van der Waals surface area (Å²) in [6, 6.07) is 6.94. The summed E-state index contributed by atoms with van der Waals surface area (Å²) in [6.45, 7) is 1.40. The molecule has 0 amide bonds. The number of ether oxygens (including phenoxy) is 2. The van der Waals surface area contributed by atoms with Crippen molar-refractivity contribution in [3.05, 3.63) is 53.3 Å². The standard InChI is InChI=1S/C22H24F4O2/c1-2-3-16-6-4-15(13-28-16)17-7-5-14(12-19(17)24)18-8-9-20(27-11-10-23)22(26)21(18)25/h5,7-9,12,15-16H,2-4,6,10-11,13H2,1H3. The van der Waals surface area contributed by atoms with E-state index in [-0.39, 0.29) is 35.5 Å². The van der Waals surface area contributed by atoms with Crippen LogP contribution in [0.1, 0.15) is 44.1 Å². The van der Waals surface area contributed by atoms with E-state index >= 15 is 0 Å². The number of alkyl halides is 1. The highest BCUT2D eigenvalue weighted by molar-refractivity contribution is 5.66. The van der Waals surface area contributed by atoms with Crippen LogP contribution >= 0.6 is 0 Å². The van der Waals surface area contributed by atoms with Gasteiger partial charge in [0.2, 0.25) is 5.82 Å². The molecule has 0 bridgehead atoms. The zero-order valence-corrected chi connectivity index (χ0v) is 15.8. The highest BCUT2D eigenvalue weighted by Gasteiger charge is 2.25. The van der Waals surface area contributed by atoms with E-state index in [0.29, 0.717) is 12.2 Å². The molecule has 28 heavy (non-hydrogen) atoms. The average molecular weight is 396 g/mol. The molecule has 1 aliphatic rings. The third-order valence-corrected chi connectivity index (χ3v) is 5.11. The van der Waals surface area contributed by atoms with Gasteiger partial charge in [-0.1, -0.05) is 25.5 Å². The SMILES string of the molecule is CCCC1CCC(c2ccc(-c3ccc(OCCF)c(F)c3F)cc2F)CO1. The summed E-state index contributed by atoms with van der Waals surface area (Å²) in [5.41, 5.74) is 0.691. The van der Waals surface area contributed by atoms with Gasteiger partial charge in [0, 0.05) is 11.5 Å². The van der Waals surface area contributed by atoms with Gasteiger partial charge < -0.3 is 9.47 Å². The molecule has 0 saturated carbocycles. The minimum absolute atomic E-state index is 0.0415. The predicted molar refractivity (Wildman–Crippen MR) is 99.8 cm³/mol. The van der Waals surface area contributed by atoms with Crippen molar-refractivity contribution in [1.29, 1.82) is 0 Å². The van der Waals surface area contributed by atoms with Crippen LogP contribution in [0.3, 0.4) is 0 Å². The number of rotatable bonds is 7. The van der Waals surface area contributed by atoms with Crippen molar-refractivity contribution in [3.63, 3.8) is 0 Å². The maximum absolute atomic E-state index is 14.7. The molecule has 1 fully saturated rings. The first kappa shape index (κ1) is 20.6. The summed E-state index contributed by atoms with van der Waals surface area (Å²) < 4.78 is 66.0. The van der Waals surface area contributed by atoms with E-state index in [1.54, 1.807) is 12.1 Å². The molecule has 6 heteroatoms. The second-order valence-electron chi connectivity index (χ2n) is 7.03. The third-order valence-electron chi connectivity index (χ3n) is 5.11. The summed E-state index contributed by atoms with van der Waals surface area (Å²) >= 11 is 0. The molecule has 1 heterocycles. The highest BCUT2D eigenvalue weighted by atomic mass is 19.2.